The number of aryl methyl sites for hydroxylation is 2. The zero-order valence-electron chi connectivity index (χ0n) is 11.9. The predicted molar refractivity (Wildman–Crippen MR) is 77.7 cm³/mol. The van der Waals surface area contributed by atoms with Gasteiger partial charge in [0.15, 0.2) is 0 Å². The van der Waals surface area contributed by atoms with Gasteiger partial charge in [-0.25, -0.2) is 0 Å². The molecule has 2 aromatic rings. The highest BCUT2D eigenvalue weighted by Crippen LogP contribution is 2.19. The van der Waals surface area contributed by atoms with Gasteiger partial charge in [0.05, 0.1) is 12.2 Å². The van der Waals surface area contributed by atoms with Crippen LogP contribution in [-0.4, -0.2) is 21.7 Å². The van der Waals surface area contributed by atoms with E-state index >= 15 is 0 Å². The van der Waals surface area contributed by atoms with E-state index in [1.54, 1.807) is 0 Å². The average molecular weight is 269 g/mol. The average Bonchev–Trinajstić information content (AvgIpc) is 3.16. The molecule has 1 fully saturated rings. The van der Waals surface area contributed by atoms with Gasteiger partial charge < -0.3 is 5.32 Å². The van der Waals surface area contributed by atoms with Gasteiger partial charge in [0.25, 0.3) is 5.91 Å². The predicted octanol–water partition coefficient (Wildman–Crippen LogP) is 2.44. The fourth-order valence-electron chi connectivity index (χ4n) is 2.32. The van der Waals surface area contributed by atoms with Crippen LogP contribution in [0.25, 0.3) is 0 Å². The number of rotatable bonds is 4. The lowest BCUT2D eigenvalue weighted by Crippen LogP contribution is -2.25. The minimum Gasteiger partial charge on any atom is -0.349 e. The Labute approximate surface area is 118 Å². The number of hydrogen-bond donors (Lipinski definition) is 1. The summed E-state index contributed by atoms with van der Waals surface area (Å²) in [6, 6.07) is 10.2. The number of amides is 1. The molecule has 0 atom stereocenters. The third-order valence-electron chi connectivity index (χ3n) is 3.54. The van der Waals surface area contributed by atoms with E-state index in [0.717, 1.165) is 35.4 Å². The van der Waals surface area contributed by atoms with Crippen molar-refractivity contribution < 1.29 is 4.79 Å². The first-order valence-corrected chi connectivity index (χ1v) is 7.03. The molecule has 3 rings (SSSR count). The molecule has 0 unspecified atom stereocenters. The quantitative estimate of drug-likeness (QED) is 0.926. The maximum atomic E-state index is 12.0. The number of aromatic nitrogens is 2. The molecule has 1 aliphatic carbocycles. The lowest BCUT2D eigenvalue weighted by Gasteiger charge is -2.07. The van der Waals surface area contributed by atoms with Crippen LogP contribution in [0.3, 0.4) is 0 Å². The van der Waals surface area contributed by atoms with Crippen LogP contribution in [0.15, 0.2) is 30.3 Å². The second kappa shape index (κ2) is 5.12. The number of hydrogen-bond acceptors (Lipinski definition) is 2. The highest BCUT2D eigenvalue weighted by molar-refractivity contribution is 5.94. The van der Waals surface area contributed by atoms with Gasteiger partial charge >= 0.3 is 0 Å². The number of benzene rings is 1. The Balaban J connectivity index is 1.76. The van der Waals surface area contributed by atoms with E-state index in [2.05, 4.69) is 16.5 Å². The lowest BCUT2D eigenvalue weighted by molar-refractivity contribution is 0.0951. The molecule has 0 radical (unpaired) electrons. The number of carbonyl (C=O) groups excluding carboxylic acids is 1. The Morgan fingerprint density at radius 1 is 1.35 bits per heavy atom. The summed E-state index contributed by atoms with van der Waals surface area (Å²) in [7, 11) is 0. The zero-order valence-corrected chi connectivity index (χ0v) is 11.9. The molecule has 4 heteroatoms. The third kappa shape index (κ3) is 2.90. The summed E-state index contributed by atoms with van der Waals surface area (Å²) in [5.74, 6) is 0.0303. The van der Waals surface area contributed by atoms with Crippen LogP contribution in [0.2, 0.25) is 0 Å². The van der Waals surface area contributed by atoms with Crippen molar-refractivity contribution in [1.29, 1.82) is 0 Å². The Morgan fingerprint density at radius 2 is 2.15 bits per heavy atom. The molecule has 0 bridgehead atoms. The van der Waals surface area contributed by atoms with Gasteiger partial charge in [-0.1, -0.05) is 12.1 Å². The summed E-state index contributed by atoms with van der Waals surface area (Å²) >= 11 is 0. The summed E-state index contributed by atoms with van der Waals surface area (Å²) in [5.41, 5.74) is 3.98. The Kier molecular flexibility index (Phi) is 3.30. The maximum Gasteiger partial charge on any atom is 0.251 e. The Morgan fingerprint density at radius 3 is 2.80 bits per heavy atom. The fourth-order valence-corrected chi connectivity index (χ4v) is 2.32. The van der Waals surface area contributed by atoms with E-state index in [4.69, 9.17) is 0 Å². The van der Waals surface area contributed by atoms with Crippen LogP contribution in [0, 0.1) is 13.8 Å². The summed E-state index contributed by atoms with van der Waals surface area (Å²) in [6.07, 6.45) is 2.22. The van der Waals surface area contributed by atoms with E-state index < -0.39 is 0 Å². The van der Waals surface area contributed by atoms with Crippen molar-refractivity contribution in [1.82, 2.24) is 15.1 Å². The SMILES string of the molecule is Cc1cc(C)n(Cc2cccc(C(=O)NC3CC3)c2)n1. The van der Waals surface area contributed by atoms with Gasteiger partial charge in [0.1, 0.15) is 0 Å². The Bertz CT molecular complexity index is 641. The van der Waals surface area contributed by atoms with Crippen LogP contribution in [0.4, 0.5) is 0 Å². The van der Waals surface area contributed by atoms with Crippen molar-refractivity contribution in [3.05, 3.63) is 52.8 Å². The normalized spacial score (nSPS) is 14.3. The minimum atomic E-state index is 0.0303. The molecule has 1 heterocycles. The molecule has 1 aromatic heterocycles. The van der Waals surface area contributed by atoms with Crippen molar-refractivity contribution >= 4 is 5.91 Å². The summed E-state index contributed by atoms with van der Waals surface area (Å²) < 4.78 is 1.97. The van der Waals surface area contributed by atoms with E-state index in [1.165, 1.54) is 0 Å². The maximum absolute atomic E-state index is 12.0. The number of nitrogens with zero attached hydrogens (tertiary/aromatic N) is 2. The van der Waals surface area contributed by atoms with E-state index in [1.807, 2.05) is 42.8 Å². The van der Waals surface area contributed by atoms with Gasteiger partial charge in [-0.05, 0) is 50.5 Å². The van der Waals surface area contributed by atoms with Crippen LogP contribution >= 0.6 is 0 Å². The summed E-state index contributed by atoms with van der Waals surface area (Å²) in [5, 5.41) is 7.47. The van der Waals surface area contributed by atoms with E-state index in [9.17, 15) is 4.79 Å². The smallest absolute Gasteiger partial charge is 0.251 e. The van der Waals surface area contributed by atoms with E-state index in [0.29, 0.717) is 12.6 Å². The standard InChI is InChI=1S/C16H19N3O/c1-11-8-12(2)19(18-11)10-13-4-3-5-14(9-13)16(20)17-15-6-7-15/h3-5,8-9,15H,6-7,10H2,1-2H3,(H,17,20). The third-order valence-corrected chi connectivity index (χ3v) is 3.54. The molecule has 20 heavy (non-hydrogen) atoms. The molecule has 1 amide bonds. The molecule has 1 saturated carbocycles. The molecule has 1 aromatic carbocycles. The van der Waals surface area contributed by atoms with Crippen molar-refractivity contribution in [2.45, 2.75) is 39.3 Å². The van der Waals surface area contributed by atoms with Crippen LogP contribution in [0.1, 0.15) is 40.2 Å². The first-order valence-electron chi connectivity index (χ1n) is 7.03. The molecule has 1 N–H and O–H groups in total. The van der Waals surface area contributed by atoms with Crippen molar-refractivity contribution in [3.8, 4) is 0 Å². The molecular formula is C16H19N3O. The van der Waals surface area contributed by atoms with Crippen molar-refractivity contribution in [2.24, 2.45) is 0 Å². The second-order valence-corrected chi connectivity index (χ2v) is 5.53. The largest absolute Gasteiger partial charge is 0.349 e. The second-order valence-electron chi connectivity index (χ2n) is 5.53. The highest BCUT2D eigenvalue weighted by atomic mass is 16.1. The van der Waals surface area contributed by atoms with Gasteiger partial charge in [-0.2, -0.15) is 5.10 Å². The summed E-state index contributed by atoms with van der Waals surface area (Å²) in [6.45, 7) is 4.73. The van der Waals surface area contributed by atoms with Gasteiger partial charge in [-0.3, -0.25) is 9.48 Å². The monoisotopic (exact) mass is 269 g/mol. The van der Waals surface area contributed by atoms with E-state index in [-0.39, 0.29) is 5.91 Å². The molecular weight excluding hydrogens is 250 g/mol. The fraction of sp³-hybridized carbons (Fsp3) is 0.375. The van der Waals surface area contributed by atoms with Crippen LogP contribution < -0.4 is 5.32 Å². The molecule has 1 aliphatic rings. The molecule has 0 aliphatic heterocycles. The van der Waals surface area contributed by atoms with Crippen LogP contribution in [0.5, 0.6) is 0 Å². The molecule has 0 saturated heterocycles. The van der Waals surface area contributed by atoms with Gasteiger partial charge in [-0.15, -0.1) is 0 Å². The first kappa shape index (κ1) is 12.9. The molecule has 0 spiro atoms. The minimum absolute atomic E-state index is 0.0303. The first-order chi connectivity index (χ1) is 9.61. The lowest BCUT2D eigenvalue weighted by atomic mass is 10.1. The van der Waals surface area contributed by atoms with Crippen LogP contribution in [-0.2, 0) is 6.54 Å². The highest BCUT2D eigenvalue weighted by Gasteiger charge is 2.23. The molecule has 104 valence electrons. The number of nitrogens with one attached hydrogen (secondary N) is 1. The molecule has 4 nitrogen and oxygen atoms in total. The van der Waals surface area contributed by atoms with Gasteiger partial charge in [0.2, 0.25) is 0 Å². The van der Waals surface area contributed by atoms with Crippen molar-refractivity contribution in [3.63, 3.8) is 0 Å². The van der Waals surface area contributed by atoms with Gasteiger partial charge in [0, 0.05) is 17.3 Å². The summed E-state index contributed by atoms with van der Waals surface area (Å²) in [4.78, 5) is 12.0. The zero-order chi connectivity index (χ0) is 14.1. The van der Waals surface area contributed by atoms with Crippen molar-refractivity contribution in [2.75, 3.05) is 0 Å². The topological polar surface area (TPSA) is 46.9 Å². The number of carbonyl (C=O) groups is 1. The Hall–Kier alpha value is -2.10.